The summed E-state index contributed by atoms with van der Waals surface area (Å²) in [6, 6.07) is 7.59. The summed E-state index contributed by atoms with van der Waals surface area (Å²) in [7, 11) is 0. The molecule has 1 saturated carbocycles. The second kappa shape index (κ2) is 5.87. The molecule has 1 aromatic heterocycles. The van der Waals surface area contributed by atoms with Crippen molar-refractivity contribution in [1.29, 1.82) is 0 Å². The van der Waals surface area contributed by atoms with Crippen molar-refractivity contribution in [1.82, 2.24) is 15.4 Å². The van der Waals surface area contributed by atoms with Crippen LogP contribution in [0.4, 0.5) is 5.82 Å². The number of anilines is 1. The molecule has 1 amide bonds. The van der Waals surface area contributed by atoms with Crippen molar-refractivity contribution >= 4 is 34.9 Å². The van der Waals surface area contributed by atoms with Crippen molar-refractivity contribution < 1.29 is 4.79 Å². The number of halogens is 2. The van der Waals surface area contributed by atoms with Crippen molar-refractivity contribution in [3.05, 3.63) is 52.4 Å². The molecule has 1 fully saturated rings. The number of rotatable bonds is 4. The summed E-state index contributed by atoms with van der Waals surface area (Å²) in [5, 5.41) is 0.902. The van der Waals surface area contributed by atoms with Gasteiger partial charge in [-0.25, -0.2) is 9.97 Å². The van der Waals surface area contributed by atoms with Gasteiger partial charge in [-0.3, -0.25) is 15.6 Å². The summed E-state index contributed by atoms with van der Waals surface area (Å²) < 4.78 is 0. The van der Waals surface area contributed by atoms with Gasteiger partial charge in [0.15, 0.2) is 11.0 Å². The average Bonchev–Trinajstić information content (AvgIpc) is 3.27. The highest BCUT2D eigenvalue weighted by molar-refractivity contribution is 6.31. The molecule has 3 rings (SSSR count). The van der Waals surface area contributed by atoms with Gasteiger partial charge in [0.1, 0.15) is 0 Å². The highest BCUT2D eigenvalue weighted by Gasteiger charge is 2.44. The average molecular weight is 323 g/mol. The van der Waals surface area contributed by atoms with E-state index in [-0.39, 0.29) is 22.9 Å². The predicted octanol–water partition coefficient (Wildman–Crippen LogP) is 3.03. The van der Waals surface area contributed by atoms with Crippen LogP contribution >= 0.6 is 23.2 Å². The standard InChI is InChI=1S/C14H12Cl2N4O/c15-11-4-2-1-3-8(11)9-7-10(9)14(21)20-19-13-12(16)17-5-6-18-13/h1-6,9-10H,7H2,(H,18,19)(H,20,21)/t9-,10+/m0/s1. The van der Waals surface area contributed by atoms with Gasteiger partial charge in [0.2, 0.25) is 5.91 Å². The van der Waals surface area contributed by atoms with Crippen LogP contribution in [0.5, 0.6) is 0 Å². The van der Waals surface area contributed by atoms with Gasteiger partial charge < -0.3 is 0 Å². The summed E-state index contributed by atoms with van der Waals surface area (Å²) in [4.78, 5) is 19.9. The minimum absolute atomic E-state index is 0.0900. The van der Waals surface area contributed by atoms with Gasteiger partial charge in [0.25, 0.3) is 0 Å². The molecular formula is C14H12Cl2N4O. The van der Waals surface area contributed by atoms with Crippen molar-refractivity contribution in [2.75, 3.05) is 5.43 Å². The van der Waals surface area contributed by atoms with E-state index >= 15 is 0 Å². The molecule has 1 aliphatic rings. The molecule has 1 aromatic carbocycles. The molecule has 0 unspecified atom stereocenters. The number of benzene rings is 1. The van der Waals surface area contributed by atoms with Gasteiger partial charge >= 0.3 is 0 Å². The van der Waals surface area contributed by atoms with Crippen LogP contribution in [0, 0.1) is 5.92 Å². The van der Waals surface area contributed by atoms with Crippen molar-refractivity contribution in [2.45, 2.75) is 12.3 Å². The Morgan fingerprint density at radius 3 is 2.71 bits per heavy atom. The van der Waals surface area contributed by atoms with E-state index in [9.17, 15) is 4.79 Å². The molecule has 1 aliphatic carbocycles. The number of hydrazine groups is 1. The maximum absolute atomic E-state index is 12.1. The minimum atomic E-state index is -0.110. The van der Waals surface area contributed by atoms with E-state index in [0.29, 0.717) is 10.8 Å². The second-order valence-electron chi connectivity index (χ2n) is 4.78. The first-order valence-electron chi connectivity index (χ1n) is 6.43. The van der Waals surface area contributed by atoms with E-state index in [0.717, 1.165) is 12.0 Å². The molecule has 0 bridgehead atoms. The van der Waals surface area contributed by atoms with Crippen molar-refractivity contribution in [3.8, 4) is 0 Å². The largest absolute Gasteiger partial charge is 0.279 e. The smallest absolute Gasteiger partial charge is 0.242 e. The lowest BCUT2D eigenvalue weighted by Crippen LogP contribution is -2.31. The first-order valence-corrected chi connectivity index (χ1v) is 7.19. The molecule has 7 heteroatoms. The Kier molecular flexibility index (Phi) is 3.94. The van der Waals surface area contributed by atoms with E-state index in [1.54, 1.807) is 0 Å². The topological polar surface area (TPSA) is 66.9 Å². The zero-order valence-corrected chi connectivity index (χ0v) is 12.4. The lowest BCUT2D eigenvalue weighted by atomic mass is 10.1. The van der Waals surface area contributed by atoms with E-state index in [2.05, 4.69) is 20.8 Å². The molecule has 5 nitrogen and oxygen atoms in total. The van der Waals surface area contributed by atoms with Crippen molar-refractivity contribution in [3.63, 3.8) is 0 Å². The third-order valence-electron chi connectivity index (χ3n) is 3.39. The highest BCUT2D eigenvalue weighted by Crippen LogP contribution is 2.49. The van der Waals surface area contributed by atoms with Gasteiger partial charge in [-0.15, -0.1) is 0 Å². The summed E-state index contributed by atoms with van der Waals surface area (Å²) in [6.07, 6.45) is 3.75. The number of nitrogens with one attached hydrogen (secondary N) is 2. The van der Waals surface area contributed by atoms with E-state index in [1.165, 1.54) is 12.4 Å². The molecule has 1 heterocycles. The quantitative estimate of drug-likeness (QED) is 0.849. The van der Waals surface area contributed by atoms with Crippen molar-refractivity contribution in [2.24, 2.45) is 5.92 Å². The van der Waals surface area contributed by atoms with Crippen LogP contribution in [0.3, 0.4) is 0 Å². The zero-order valence-electron chi connectivity index (χ0n) is 10.9. The lowest BCUT2D eigenvalue weighted by Gasteiger charge is -2.08. The summed E-state index contributed by atoms with van der Waals surface area (Å²) >= 11 is 12.0. The van der Waals surface area contributed by atoms with Gasteiger partial charge in [-0.1, -0.05) is 41.4 Å². The maximum Gasteiger partial charge on any atom is 0.242 e. The fourth-order valence-corrected chi connectivity index (χ4v) is 2.65. The van der Waals surface area contributed by atoms with Gasteiger partial charge in [-0.05, 0) is 24.0 Å². The third kappa shape index (κ3) is 3.09. The molecule has 2 N–H and O–H groups in total. The molecule has 108 valence electrons. The number of hydrogen-bond acceptors (Lipinski definition) is 4. The van der Waals surface area contributed by atoms with Gasteiger partial charge in [-0.2, -0.15) is 0 Å². The Labute approximate surface area is 131 Å². The monoisotopic (exact) mass is 322 g/mol. The number of nitrogens with zero attached hydrogens (tertiary/aromatic N) is 2. The fraction of sp³-hybridized carbons (Fsp3) is 0.214. The molecule has 2 atom stereocenters. The van der Waals surface area contributed by atoms with Crippen LogP contribution in [-0.4, -0.2) is 15.9 Å². The van der Waals surface area contributed by atoms with Crippen LogP contribution in [0.2, 0.25) is 10.2 Å². The summed E-state index contributed by atoms with van der Waals surface area (Å²) in [6.45, 7) is 0. The Morgan fingerprint density at radius 2 is 1.95 bits per heavy atom. The van der Waals surface area contributed by atoms with Crippen LogP contribution in [-0.2, 0) is 4.79 Å². The normalized spacial score (nSPS) is 19.9. The van der Waals surface area contributed by atoms with E-state index < -0.39 is 0 Å². The maximum atomic E-state index is 12.1. The third-order valence-corrected chi connectivity index (χ3v) is 4.01. The Bertz CT molecular complexity index is 680. The van der Waals surface area contributed by atoms with Crippen LogP contribution in [0.25, 0.3) is 0 Å². The van der Waals surface area contributed by atoms with Gasteiger partial charge in [0.05, 0.1) is 0 Å². The molecule has 2 aromatic rings. The summed E-state index contributed by atoms with van der Waals surface area (Å²) in [5.41, 5.74) is 6.30. The predicted molar refractivity (Wildman–Crippen MR) is 81.1 cm³/mol. The first-order chi connectivity index (χ1) is 10.2. The molecule has 0 radical (unpaired) electrons. The Balaban J connectivity index is 1.59. The molecule has 0 aliphatic heterocycles. The zero-order chi connectivity index (χ0) is 14.8. The van der Waals surface area contributed by atoms with E-state index in [4.69, 9.17) is 23.2 Å². The van der Waals surface area contributed by atoms with E-state index in [1.807, 2.05) is 24.3 Å². The molecule has 0 saturated heterocycles. The van der Waals surface area contributed by atoms with Crippen LogP contribution < -0.4 is 10.9 Å². The fourth-order valence-electron chi connectivity index (χ4n) is 2.22. The van der Waals surface area contributed by atoms with Crippen LogP contribution in [0.15, 0.2) is 36.7 Å². The lowest BCUT2D eigenvalue weighted by molar-refractivity contribution is -0.121. The van der Waals surface area contributed by atoms with Crippen LogP contribution in [0.1, 0.15) is 17.9 Å². The number of hydrogen-bond donors (Lipinski definition) is 2. The molecule has 21 heavy (non-hydrogen) atoms. The SMILES string of the molecule is O=C(NNc1nccnc1Cl)[C@@H]1C[C@H]1c1ccccc1Cl. The number of aromatic nitrogens is 2. The second-order valence-corrected chi connectivity index (χ2v) is 5.55. The minimum Gasteiger partial charge on any atom is -0.279 e. The Morgan fingerprint density at radius 1 is 1.19 bits per heavy atom. The van der Waals surface area contributed by atoms with Gasteiger partial charge in [0, 0.05) is 23.3 Å². The molecular weight excluding hydrogens is 311 g/mol. The summed E-state index contributed by atoms with van der Waals surface area (Å²) in [5.74, 6) is 0.287. The number of carbonyl (C=O) groups is 1. The molecule has 0 spiro atoms. The highest BCUT2D eigenvalue weighted by atomic mass is 35.5. The Hall–Kier alpha value is -1.85. The first kappa shape index (κ1) is 14.1. The number of amides is 1. The number of carbonyl (C=O) groups excluding carboxylic acids is 1.